The van der Waals surface area contributed by atoms with Crippen LogP contribution in [-0.2, 0) is 20.8 Å². The highest BCUT2D eigenvalue weighted by molar-refractivity contribution is 8.00. The van der Waals surface area contributed by atoms with Gasteiger partial charge in [-0.3, -0.25) is 14.2 Å². The molecule has 2 rings (SSSR count). The molecule has 1 amide bonds. The van der Waals surface area contributed by atoms with Gasteiger partial charge in [0, 0.05) is 26.8 Å². The van der Waals surface area contributed by atoms with Gasteiger partial charge in [-0.15, -0.1) is 6.58 Å². The summed E-state index contributed by atoms with van der Waals surface area (Å²) in [6, 6.07) is 4.63. The van der Waals surface area contributed by atoms with Crippen molar-refractivity contribution in [1.29, 1.82) is 0 Å². The monoisotopic (exact) mass is 419 g/mol. The van der Waals surface area contributed by atoms with Gasteiger partial charge in [-0.1, -0.05) is 17.8 Å². The quantitative estimate of drug-likeness (QED) is 0.207. The van der Waals surface area contributed by atoms with Gasteiger partial charge < -0.3 is 14.8 Å². The second-order valence-corrected chi connectivity index (χ2v) is 7.52. The van der Waals surface area contributed by atoms with Crippen LogP contribution < -0.4 is 10.9 Å². The van der Waals surface area contributed by atoms with Crippen LogP contribution >= 0.6 is 11.8 Å². The van der Waals surface area contributed by atoms with Gasteiger partial charge in [-0.25, -0.2) is 9.78 Å². The summed E-state index contributed by atoms with van der Waals surface area (Å²) in [5.74, 6) is -0.694. The summed E-state index contributed by atoms with van der Waals surface area (Å²) >= 11 is 1.18. The highest BCUT2D eigenvalue weighted by Gasteiger charge is 2.19. The average Bonchev–Trinajstić information content (AvgIpc) is 2.73. The lowest BCUT2D eigenvalue weighted by Crippen LogP contribution is -2.32. The molecule has 8 nitrogen and oxygen atoms in total. The third-order valence-corrected chi connectivity index (χ3v) is 5.23. The highest BCUT2D eigenvalue weighted by atomic mass is 32.2. The maximum Gasteiger partial charge on any atom is 0.337 e. The number of carbonyl (C=O) groups is 2. The Labute approximate surface area is 173 Å². The number of benzene rings is 1. The molecule has 0 saturated carbocycles. The number of esters is 1. The molecule has 2 aromatic rings. The summed E-state index contributed by atoms with van der Waals surface area (Å²) in [7, 11) is 2.88. The number of ether oxygens (including phenoxy) is 2. The summed E-state index contributed by atoms with van der Waals surface area (Å²) in [6.07, 6.45) is 2.22. The molecule has 1 aromatic carbocycles. The molecule has 1 N–H and O–H groups in total. The standard InChI is InChI=1S/C20H25N3O5S/c1-5-9-21-17(24)13(2)29-20-22-16-12-14(19(26)28-4)7-8-15(16)18(25)23(20)10-6-11-27-3/h5,7-8,12-13H,1,6,9-11H2,2-4H3,(H,21,24). The lowest BCUT2D eigenvalue weighted by molar-refractivity contribution is -0.120. The van der Waals surface area contributed by atoms with Crippen LogP contribution in [0.4, 0.5) is 0 Å². The third kappa shape index (κ3) is 5.68. The fraction of sp³-hybridized carbons (Fsp3) is 0.400. The Hall–Kier alpha value is -2.65. The first-order valence-corrected chi connectivity index (χ1v) is 9.98. The van der Waals surface area contributed by atoms with Gasteiger partial charge >= 0.3 is 5.97 Å². The lowest BCUT2D eigenvalue weighted by Gasteiger charge is -2.16. The second kappa shape index (κ2) is 10.8. The average molecular weight is 420 g/mol. The number of nitrogens with one attached hydrogen (secondary N) is 1. The number of nitrogens with zero attached hydrogens (tertiary/aromatic N) is 2. The zero-order chi connectivity index (χ0) is 21.4. The van der Waals surface area contributed by atoms with E-state index in [1.165, 1.54) is 31.0 Å². The van der Waals surface area contributed by atoms with Gasteiger partial charge in [0.25, 0.3) is 5.56 Å². The maximum absolute atomic E-state index is 13.1. The van der Waals surface area contributed by atoms with E-state index in [1.807, 2.05) is 0 Å². The molecule has 1 aromatic heterocycles. The number of methoxy groups -OCH3 is 2. The number of hydrogen-bond donors (Lipinski definition) is 1. The molecule has 29 heavy (non-hydrogen) atoms. The maximum atomic E-state index is 13.1. The number of amides is 1. The van der Waals surface area contributed by atoms with Crippen molar-refractivity contribution in [3.63, 3.8) is 0 Å². The number of carbonyl (C=O) groups excluding carboxylic acids is 2. The molecule has 0 bridgehead atoms. The molecule has 0 spiro atoms. The van der Waals surface area contributed by atoms with E-state index in [1.54, 1.807) is 30.7 Å². The first kappa shape index (κ1) is 22.6. The lowest BCUT2D eigenvalue weighted by atomic mass is 10.1. The topological polar surface area (TPSA) is 99.5 Å². The van der Waals surface area contributed by atoms with E-state index in [9.17, 15) is 14.4 Å². The van der Waals surface area contributed by atoms with Crippen LogP contribution in [0, 0.1) is 0 Å². The molecule has 0 aliphatic heterocycles. The summed E-state index contributed by atoms with van der Waals surface area (Å²) < 4.78 is 11.4. The molecule has 0 aliphatic rings. The van der Waals surface area contributed by atoms with E-state index >= 15 is 0 Å². The largest absolute Gasteiger partial charge is 0.465 e. The van der Waals surface area contributed by atoms with Gasteiger partial charge in [0.1, 0.15) is 0 Å². The van der Waals surface area contributed by atoms with Crippen molar-refractivity contribution in [3.8, 4) is 0 Å². The van der Waals surface area contributed by atoms with E-state index in [2.05, 4.69) is 16.9 Å². The smallest absolute Gasteiger partial charge is 0.337 e. The van der Waals surface area contributed by atoms with Crippen LogP contribution in [0.15, 0.2) is 40.8 Å². The van der Waals surface area contributed by atoms with Crippen molar-refractivity contribution in [3.05, 3.63) is 46.8 Å². The molecule has 1 atom stereocenters. The van der Waals surface area contributed by atoms with Crippen molar-refractivity contribution in [1.82, 2.24) is 14.9 Å². The van der Waals surface area contributed by atoms with Gasteiger partial charge in [-0.05, 0) is 31.5 Å². The summed E-state index contributed by atoms with van der Waals surface area (Å²) in [5, 5.41) is 3.05. The Balaban J connectivity index is 2.48. The molecule has 0 saturated heterocycles. The predicted octanol–water partition coefficient (Wildman–Crippen LogP) is 2.00. The van der Waals surface area contributed by atoms with Crippen LogP contribution in [0.5, 0.6) is 0 Å². The van der Waals surface area contributed by atoms with Crippen LogP contribution in [0.2, 0.25) is 0 Å². The van der Waals surface area contributed by atoms with Crippen LogP contribution in [-0.4, -0.2) is 54.0 Å². The Kier molecular flexibility index (Phi) is 8.41. The number of hydrogen-bond acceptors (Lipinski definition) is 7. The predicted molar refractivity (Wildman–Crippen MR) is 112 cm³/mol. The fourth-order valence-corrected chi connectivity index (χ4v) is 3.59. The Bertz CT molecular complexity index is 957. The number of rotatable bonds is 10. The van der Waals surface area contributed by atoms with Crippen molar-refractivity contribution >= 4 is 34.5 Å². The molecule has 0 fully saturated rings. The molecule has 1 unspecified atom stereocenters. The number of fused-ring (bicyclic) bond motifs is 1. The minimum absolute atomic E-state index is 0.184. The van der Waals surface area contributed by atoms with E-state index in [0.717, 1.165) is 0 Å². The number of aromatic nitrogens is 2. The first-order valence-electron chi connectivity index (χ1n) is 9.10. The van der Waals surface area contributed by atoms with Crippen molar-refractivity contribution in [2.75, 3.05) is 27.4 Å². The zero-order valence-corrected chi connectivity index (χ0v) is 17.6. The fourth-order valence-electron chi connectivity index (χ4n) is 2.63. The SMILES string of the molecule is C=CCNC(=O)C(C)Sc1nc2cc(C(=O)OC)ccc2c(=O)n1CCCOC. The summed E-state index contributed by atoms with van der Waals surface area (Å²) in [5.41, 5.74) is 0.447. The molecule has 9 heteroatoms. The molecule has 0 aliphatic carbocycles. The van der Waals surface area contributed by atoms with Gasteiger partial charge in [0.05, 0.1) is 28.8 Å². The zero-order valence-electron chi connectivity index (χ0n) is 16.8. The van der Waals surface area contributed by atoms with Crippen LogP contribution in [0.3, 0.4) is 0 Å². The molecule has 156 valence electrons. The Morgan fingerprint density at radius 3 is 2.79 bits per heavy atom. The molecule has 1 heterocycles. The minimum atomic E-state index is -0.510. The van der Waals surface area contributed by atoms with Crippen molar-refractivity contribution in [2.24, 2.45) is 0 Å². The molecule has 0 radical (unpaired) electrons. The van der Waals surface area contributed by atoms with E-state index in [4.69, 9.17) is 9.47 Å². The highest BCUT2D eigenvalue weighted by Crippen LogP contribution is 2.23. The summed E-state index contributed by atoms with van der Waals surface area (Å²) in [6.45, 7) is 6.57. The minimum Gasteiger partial charge on any atom is -0.465 e. The molecular formula is C20H25N3O5S. The normalized spacial score (nSPS) is 11.8. The Morgan fingerprint density at radius 1 is 1.38 bits per heavy atom. The second-order valence-electron chi connectivity index (χ2n) is 6.21. The van der Waals surface area contributed by atoms with Crippen molar-refractivity contribution < 1.29 is 19.1 Å². The van der Waals surface area contributed by atoms with Gasteiger partial charge in [-0.2, -0.15) is 0 Å². The van der Waals surface area contributed by atoms with Crippen LogP contribution in [0.1, 0.15) is 23.7 Å². The van der Waals surface area contributed by atoms with E-state index in [-0.39, 0.29) is 11.5 Å². The number of thioether (sulfide) groups is 1. The Morgan fingerprint density at radius 2 is 2.14 bits per heavy atom. The van der Waals surface area contributed by atoms with Gasteiger partial charge in [0.2, 0.25) is 5.91 Å². The van der Waals surface area contributed by atoms with E-state index in [0.29, 0.717) is 47.7 Å². The first-order chi connectivity index (χ1) is 13.9. The van der Waals surface area contributed by atoms with Crippen LogP contribution in [0.25, 0.3) is 10.9 Å². The summed E-state index contributed by atoms with van der Waals surface area (Å²) in [4.78, 5) is 41.7. The third-order valence-electron chi connectivity index (χ3n) is 4.14. The van der Waals surface area contributed by atoms with Crippen molar-refractivity contribution in [2.45, 2.75) is 30.3 Å². The van der Waals surface area contributed by atoms with E-state index < -0.39 is 11.2 Å². The van der Waals surface area contributed by atoms with Gasteiger partial charge in [0.15, 0.2) is 5.16 Å². The molecular weight excluding hydrogens is 394 g/mol.